The van der Waals surface area contributed by atoms with Crippen molar-refractivity contribution in [2.75, 3.05) is 25.4 Å². The maximum Gasteiger partial charge on any atom is 0.253 e. The van der Waals surface area contributed by atoms with Crippen LogP contribution in [-0.2, 0) is 21.3 Å². The van der Waals surface area contributed by atoms with Crippen LogP contribution >= 0.6 is 0 Å². The Hall–Kier alpha value is -2.16. The van der Waals surface area contributed by atoms with Crippen molar-refractivity contribution in [1.29, 1.82) is 0 Å². The van der Waals surface area contributed by atoms with Gasteiger partial charge in [0.2, 0.25) is 10.0 Å². The summed E-state index contributed by atoms with van der Waals surface area (Å²) in [6.07, 6.45) is -0.263. The number of hydrogen-bond donors (Lipinski definition) is 1. The second kappa shape index (κ2) is 9.32. The molecular formula is C22H31N3O4S. The molecule has 7 nitrogen and oxygen atoms in total. The van der Waals surface area contributed by atoms with E-state index in [2.05, 4.69) is 22.0 Å². The van der Waals surface area contributed by atoms with Crippen LogP contribution in [0.2, 0.25) is 0 Å². The topological polar surface area (TPSA) is 80.6 Å². The smallest absolute Gasteiger partial charge is 0.253 e. The Kier molecular flexibility index (Phi) is 7.00. The Labute approximate surface area is 179 Å². The summed E-state index contributed by atoms with van der Waals surface area (Å²) in [5.41, 5.74) is 3.60. The predicted octanol–water partition coefficient (Wildman–Crippen LogP) is 2.32. The number of amides is 1. The van der Waals surface area contributed by atoms with Crippen molar-refractivity contribution in [2.24, 2.45) is 0 Å². The molecule has 1 aromatic heterocycles. The highest BCUT2D eigenvalue weighted by Crippen LogP contribution is 2.18. The lowest BCUT2D eigenvalue weighted by atomic mass is 10.2. The van der Waals surface area contributed by atoms with Crippen molar-refractivity contribution >= 4 is 15.9 Å². The van der Waals surface area contributed by atoms with Crippen LogP contribution in [0.1, 0.15) is 41.2 Å². The first-order valence-corrected chi connectivity index (χ1v) is 11.9. The third kappa shape index (κ3) is 5.30. The van der Waals surface area contributed by atoms with E-state index in [-0.39, 0.29) is 30.4 Å². The second-order valence-corrected chi connectivity index (χ2v) is 10.1. The Balaban J connectivity index is 1.61. The molecule has 1 aliphatic rings. The largest absolute Gasteiger partial charge is 0.373 e. The van der Waals surface area contributed by atoms with E-state index >= 15 is 0 Å². The van der Waals surface area contributed by atoms with Crippen LogP contribution in [0.15, 0.2) is 36.4 Å². The first-order valence-electron chi connectivity index (χ1n) is 10.3. The second-order valence-electron chi connectivity index (χ2n) is 8.00. The fourth-order valence-corrected chi connectivity index (χ4v) is 5.41. The van der Waals surface area contributed by atoms with Gasteiger partial charge in [-0.25, -0.2) is 8.42 Å². The van der Waals surface area contributed by atoms with E-state index < -0.39 is 10.0 Å². The molecule has 8 heteroatoms. The van der Waals surface area contributed by atoms with Crippen molar-refractivity contribution in [3.05, 3.63) is 58.9 Å². The van der Waals surface area contributed by atoms with Crippen molar-refractivity contribution in [2.45, 2.75) is 46.4 Å². The fraction of sp³-hybridized carbons (Fsp3) is 0.500. The summed E-state index contributed by atoms with van der Waals surface area (Å²) in [7, 11) is -3.45. The standard InChI is InChI=1S/C22H31N3O4S/c1-16-12-21(19(4)25(16)15-20-8-6-5-7-9-20)22(26)23-10-11-30(27,28)24-13-17(2)29-18(3)14-24/h5-9,12,17-18H,10-11,13-15H2,1-4H3,(H,23,26). The van der Waals surface area contributed by atoms with E-state index in [4.69, 9.17) is 4.74 Å². The molecule has 2 atom stereocenters. The van der Waals surface area contributed by atoms with E-state index in [1.165, 1.54) is 4.31 Å². The van der Waals surface area contributed by atoms with E-state index in [0.717, 1.165) is 17.0 Å². The highest BCUT2D eigenvalue weighted by molar-refractivity contribution is 7.89. The summed E-state index contributed by atoms with van der Waals surface area (Å²) in [6.45, 7) is 9.08. The molecular weight excluding hydrogens is 402 g/mol. The summed E-state index contributed by atoms with van der Waals surface area (Å²) in [5, 5.41) is 2.77. The molecule has 2 unspecified atom stereocenters. The van der Waals surface area contributed by atoms with Gasteiger partial charge in [-0.3, -0.25) is 4.79 Å². The summed E-state index contributed by atoms with van der Waals surface area (Å²) >= 11 is 0. The first kappa shape index (κ1) is 22.5. The van der Waals surface area contributed by atoms with E-state index in [1.807, 2.05) is 52.0 Å². The number of ether oxygens (including phenoxy) is 1. The zero-order chi connectivity index (χ0) is 21.9. The molecule has 3 rings (SSSR count). The van der Waals surface area contributed by atoms with Gasteiger partial charge in [0.1, 0.15) is 0 Å². The Morgan fingerprint density at radius 2 is 1.77 bits per heavy atom. The lowest BCUT2D eigenvalue weighted by Crippen LogP contribution is -2.49. The Morgan fingerprint density at radius 1 is 1.13 bits per heavy atom. The van der Waals surface area contributed by atoms with Crippen molar-refractivity contribution in [1.82, 2.24) is 14.2 Å². The number of benzene rings is 1. The molecule has 0 spiro atoms. The average Bonchev–Trinajstić information content (AvgIpc) is 2.96. The monoisotopic (exact) mass is 433 g/mol. The van der Waals surface area contributed by atoms with Crippen LogP contribution < -0.4 is 5.32 Å². The van der Waals surface area contributed by atoms with Gasteiger partial charge in [0.05, 0.1) is 23.5 Å². The van der Waals surface area contributed by atoms with Crippen molar-refractivity contribution in [3.63, 3.8) is 0 Å². The first-order chi connectivity index (χ1) is 14.2. The molecule has 1 fully saturated rings. The quantitative estimate of drug-likeness (QED) is 0.727. The highest BCUT2D eigenvalue weighted by Gasteiger charge is 2.30. The fourth-order valence-electron chi connectivity index (χ4n) is 3.92. The van der Waals surface area contributed by atoms with Crippen molar-refractivity contribution < 1.29 is 17.9 Å². The number of carbonyl (C=O) groups is 1. The summed E-state index contributed by atoms with van der Waals surface area (Å²) in [5.74, 6) is -0.373. The lowest BCUT2D eigenvalue weighted by molar-refractivity contribution is -0.0440. The molecule has 1 amide bonds. The minimum absolute atomic E-state index is 0.0731. The maximum atomic E-state index is 12.7. The number of hydrogen-bond acceptors (Lipinski definition) is 4. The van der Waals surface area contributed by atoms with Gasteiger partial charge in [0.25, 0.3) is 5.91 Å². The van der Waals surface area contributed by atoms with Gasteiger partial charge < -0.3 is 14.6 Å². The zero-order valence-corrected chi connectivity index (χ0v) is 18.9. The number of nitrogens with one attached hydrogen (secondary N) is 1. The number of rotatable bonds is 7. The zero-order valence-electron chi connectivity index (χ0n) is 18.1. The van der Waals surface area contributed by atoms with Gasteiger partial charge in [-0.1, -0.05) is 30.3 Å². The molecule has 2 heterocycles. The van der Waals surface area contributed by atoms with E-state index in [9.17, 15) is 13.2 Å². The van der Waals surface area contributed by atoms with Gasteiger partial charge >= 0.3 is 0 Å². The van der Waals surface area contributed by atoms with Gasteiger partial charge in [0.15, 0.2) is 0 Å². The van der Waals surface area contributed by atoms with Crippen LogP contribution in [0.25, 0.3) is 0 Å². The minimum Gasteiger partial charge on any atom is -0.373 e. The van der Waals surface area contributed by atoms with Crippen LogP contribution in [0.3, 0.4) is 0 Å². The van der Waals surface area contributed by atoms with Gasteiger partial charge in [-0.2, -0.15) is 4.31 Å². The molecule has 30 heavy (non-hydrogen) atoms. The third-order valence-corrected chi connectivity index (χ3v) is 7.23. The molecule has 164 valence electrons. The SMILES string of the molecule is Cc1cc(C(=O)NCCS(=O)(=O)N2CC(C)OC(C)C2)c(C)n1Cc1ccccc1. The minimum atomic E-state index is -3.45. The molecule has 0 bridgehead atoms. The lowest BCUT2D eigenvalue weighted by Gasteiger charge is -2.34. The number of morpholine rings is 1. The Bertz CT molecular complexity index is 975. The molecule has 1 aliphatic heterocycles. The summed E-state index contributed by atoms with van der Waals surface area (Å²) < 4.78 is 34.4. The third-order valence-electron chi connectivity index (χ3n) is 5.43. The molecule has 2 aromatic rings. The van der Waals surface area contributed by atoms with Gasteiger partial charge in [-0.15, -0.1) is 0 Å². The molecule has 1 N–H and O–H groups in total. The van der Waals surface area contributed by atoms with Crippen LogP contribution in [0.5, 0.6) is 0 Å². The predicted molar refractivity (Wildman–Crippen MR) is 117 cm³/mol. The van der Waals surface area contributed by atoms with Crippen molar-refractivity contribution in [3.8, 4) is 0 Å². The number of carbonyl (C=O) groups excluding carboxylic acids is 1. The van der Waals surface area contributed by atoms with Crippen LogP contribution in [0, 0.1) is 13.8 Å². The van der Waals surface area contributed by atoms with Crippen LogP contribution in [-0.4, -0.2) is 60.8 Å². The van der Waals surface area contributed by atoms with Crippen LogP contribution in [0.4, 0.5) is 0 Å². The normalized spacial score (nSPS) is 20.3. The summed E-state index contributed by atoms with van der Waals surface area (Å²) in [6, 6.07) is 11.9. The molecule has 0 saturated carbocycles. The van der Waals surface area contributed by atoms with E-state index in [1.54, 1.807) is 0 Å². The number of aryl methyl sites for hydroxylation is 1. The number of nitrogens with zero attached hydrogens (tertiary/aromatic N) is 2. The molecule has 1 saturated heterocycles. The maximum absolute atomic E-state index is 12.7. The molecule has 0 aliphatic carbocycles. The highest BCUT2D eigenvalue weighted by atomic mass is 32.2. The van der Waals surface area contributed by atoms with E-state index in [0.29, 0.717) is 25.2 Å². The number of aromatic nitrogens is 1. The van der Waals surface area contributed by atoms with Gasteiger partial charge in [0, 0.05) is 37.6 Å². The molecule has 0 radical (unpaired) electrons. The molecule has 1 aromatic carbocycles. The Morgan fingerprint density at radius 3 is 2.40 bits per heavy atom. The number of sulfonamides is 1. The summed E-state index contributed by atoms with van der Waals surface area (Å²) in [4.78, 5) is 12.7. The van der Waals surface area contributed by atoms with Gasteiger partial charge in [-0.05, 0) is 39.3 Å². The average molecular weight is 434 g/mol.